The second kappa shape index (κ2) is 5.72. The van der Waals surface area contributed by atoms with Gasteiger partial charge in [-0.1, -0.05) is 6.92 Å². The van der Waals surface area contributed by atoms with E-state index in [4.69, 9.17) is 5.11 Å². The molecule has 2 N–H and O–H groups in total. The molecule has 2 atom stereocenters. The molecule has 0 bridgehead atoms. The minimum atomic E-state index is -0.199. The molecule has 5 heteroatoms. The molecule has 0 aliphatic rings. The Morgan fingerprint density at radius 1 is 1.47 bits per heavy atom. The average Bonchev–Trinajstić information content (AvgIpc) is 2.27. The van der Waals surface area contributed by atoms with E-state index in [1.54, 1.807) is 13.8 Å². The van der Waals surface area contributed by atoms with Crippen LogP contribution in [0.25, 0.3) is 0 Å². The van der Waals surface area contributed by atoms with Gasteiger partial charge >= 0.3 is 0 Å². The van der Waals surface area contributed by atoms with Crippen molar-refractivity contribution in [1.82, 2.24) is 15.3 Å². The van der Waals surface area contributed by atoms with Crippen LogP contribution in [0.5, 0.6) is 0 Å². The number of carbonyl (C=O) groups is 1. The number of nitrogens with one attached hydrogen (secondary N) is 1. The molecule has 1 heterocycles. The van der Waals surface area contributed by atoms with E-state index in [1.807, 2.05) is 13.8 Å². The lowest BCUT2D eigenvalue weighted by Crippen LogP contribution is -2.38. The van der Waals surface area contributed by atoms with E-state index in [2.05, 4.69) is 15.3 Å². The van der Waals surface area contributed by atoms with Crippen molar-refractivity contribution >= 4 is 5.91 Å². The van der Waals surface area contributed by atoms with Crippen molar-refractivity contribution in [2.45, 2.75) is 33.7 Å². The molecule has 0 saturated heterocycles. The summed E-state index contributed by atoms with van der Waals surface area (Å²) in [5.74, 6) is 0.469. The van der Waals surface area contributed by atoms with E-state index in [9.17, 15) is 4.79 Å². The van der Waals surface area contributed by atoms with Gasteiger partial charge in [-0.25, -0.2) is 9.97 Å². The molecule has 0 fully saturated rings. The first kappa shape index (κ1) is 13.6. The highest BCUT2D eigenvalue weighted by molar-refractivity contribution is 5.95. The molecule has 0 saturated carbocycles. The molecule has 94 valence electrons. The summed E-state index contributed by atoms with van der Waals surface area (Å²) in [7, 11) is 0. The topological polar surface area (TPSA) is 75.1 Å². The van der Waals surface area contributed by atoms with Gasteiger partial charge in [0.15, 0.2) is 0 Å². The molecule has 2 unspecified atom stereocenters. The third-order valence-electron chi connectivity index (χ3n) is 2.84. The number of rotatable bonds is 4. The maximum Gasteiger partial charge on any atom is 0.254 e. The maximum absolute atomic E-state index is 11.9. The van der Waals surface area contributed by atoms with Gasteiger partial charge in [-0.2, -0.15) is 0 Å². The summed E-state index contributed by atoms with van der Waals surface area (Å²) in [4.78, 5) is 20.1. The Morgan fingerprint density at radius 2 is 2.12 bits per heavy atom. The van der Waals surface area contributed by atoms with E-state index in [-0.39, 0.29) is 24.5 Å². The van der Waals surface area contributed by atoms with Gasteiger partial charge in [0.25, 0.3) is 5.91 Å². The van der Waals surface area contributed by atoms with Gasteiger partial charge in [-0.05, 0) is 26.7 Å². The van der Waals surface area contributed by atoms with Crippen LogP contribution in [-0.4, -0.2) is 33.6 Å². The number of hydrogen-bond donors (Lipinski definition) is 2. The Hall–Kier alpha value is -1.49. The Labute approximate surface area is 101 Å². The predicted octanol–water partition coefficient (Wildman–Crippen LogP) is 0.840. The van der Waals surface area contributed by atoms with E-state index >= 15 is 0 Å². The van der Waals surface area contributed by atoms with Gasteiger partial charge in [0, 0.05) is 18.8 Å². The van der Waals surface area contributed by atoms with Crippen molar-refractivity contribution < 1.29 is 9.90 Å². The Morgan fingerprint density at radius 3 is 2.65 bits per heavy atom. The number of amides is 1. The molecule has 17 heavy (non-hydrogen) atoms. The third-order valence-corrected chi connectivity index (χ3v) is 2.84. The van der Waals surface area contributed by atoms with Crippen LogP contribution in [0.2, 0.25) is 0 Å². The SMILES string of the molecule is Cc1ncc(C(=O)NC(C)C(C)CO)c(C)n1. The van der Waals surface area contributed by atoms with E-state index < -0.39 is 0 Å². The van der Waals surface area contributed by atoms with Crippen LogP contribution in [0, 0.1) is 19.8 Å². The van der Waals surface area contributed by atoms with Crippen molar-refractivity contribution in [3.63, 3.8) is 0 Å². The Balaban J connectivity index is 2.76. The van der Waals surface area contributed by atoms with E-state index in [1.165, 1.54) is 6.20 Å². The fourth-order valence-corrected chi connectivity index (χ4v) is 1.39. The molecular formula is C12H19N3O2. The smallest absolute Gasteiger partial charge is 0.254 e. The highest BCUT2D eigenvalue weighted by Gasteiger charge is 2.17. The number of nitrogens with zero attached hydrogens (tertiary/aromatic N) is 2. The Bertz CT molecular complexity index is 407. The fourth-order valence-electron chi connectivity index (χ4n) is 1.39. The lowest BCUT2D eigenvalue weighted by atomic mass is 10.0. The molecule has 1 rings (SSSR count). The molecule has 0 radical (unpaired) electrons. The molecule has 1 aromatic heterocycles. The van der Waals surface area contributed by atoms with E-state index in [0.717, 1.165) is 0 Å². The van der Waals surface area contributed by atoms with Crippen LogP contribution in [0.1, 0.15) is 35.7 Å². The number of aliphatic hydroxyl groups is 1. The summed E-state index contributed by atoms with van der Waals surface area (Å²) in [6.07, 6.45) is 1.53. The van der Waals surface area contributed by atoms with Crippen molar-refractivity contribution in [2.24, 2.45) is 5.92 Å². The maximum atomic E-state index is 11.9. The minimum Gasteiger partial charge on any atom is -0.396 e. The largest absolute Gasteiger partial charge is 0.396 e. The summed E-state index contributed by atoms with van der Waals surface area (Å²) in [5, 5.41) is 11.8. The average molecular weight is 237 g/mol. The molecule has 0 aromatic carbocycles. The first-order valence-electron chi connectivity index (χ1n) is 5.67. The Kier molecular flexibility index (Phi) is 4.57. The van der Waals surface area contributed by atoms with Crippen LogP contribution in [0.4, 0.5) is 0 Å². The zero-order valence-electron chi connectivity index (χ0n) is 10.7. The van der Waals surface area contributed by atoms with Gasteiger partial charge in [-0.15, -0.1) is 0 Å². The number of aromatic nitrogens is 2. The number of aryl methyl sites for hydroxylation is 2. The van der Waals surface area contributed by atoms with Gasteiger partial charge in [0.2, 0.25) is 0 Å². The number of hydrogen-bond acceptors (Lipinski definition) is 4. The summed E-state index contributed by atoms with van der Waals surface area (Å²) in [5.41, 5.74) is 1.14. The molecule has 1 amide bonds. The summed E-state index contributed by atoms with van der Waals surface area (Å²) >= 11 is 0. The summed E-state index contributed by atoms with van der Waals surface area (Å²) in [6, 6.07) is -0.0896. The monoisotopic (exact) mass is 237 g/mol. The second-order valence-electron chi connectivity index (χ2n) is 4.34. The lowest BCUT2D eigenvalue weighted by Gasteiger charge is -2.19. The van der Waals surface area contributed by atoms with Crippen LogP contribution in [0.15, 0.2) is 6.20 Å². The molecule has 5 nitrogen and oxygen atoms in total. The van der Waals surface area contributed by atoms with Crippen LogP contribution in [0.3, 0.4) is 0 Å². The molecule has 0 aliphatic heterocycles. The molecule has 0 aliphatic carbocycles. The van der Waals surface area contributed by atoms with Crippen molar-refractivity contribution in [3.05, 3.63) is 23.3 Å². The predicted molar refractivity (Wildman–Crippen MR) is 64.7 cm³/mol. The summed E-state index contributed by atoms with van der Waals surface area (Å²) in [6.45, 7) is 7.35. The third kappa shape index (κ3) is 3.49. The van der Waals surface area contributed by atoms with Gasteiger partial charge in [-0.3, -0.25) is 4.79 Å². The van der Waals surface area contributed by atoms with Crippen LogP contribution in [-0.2, 0) is 0 Å². The van der Waals surface area contributed by atoms with Gasteiger partial charge in [0.05, 0.1) is 11.3 Å². The van der Waals surface area contributed by atoms with Gasteiger partial charge in [0.1, 0.15) is 5.82 Å². The quantitative estimate of drug-likeness (QED) is 0.813. The van der Waals surface area contributed by atoms with Crippen molar-refractivity contribution in [1.29, 1.82) is 0 Å². The molecule has 1 aromatic rings. The molecule has 0 spiro atoms. The van der Waals surface area contributed by atoms with Gasteiger partial charge < -0.3 is 10.4 Å². The first-order valence-corrected chi connectivity index (χ1v) is 5.67. The standard InChI is InChI=1S/C12H19N3O2/c1-7(6-16)8(2)15-12(17)11-5-13-10(4)14-9(11)3/h5,7-8,16H,6H2,1-4H3,(H,15,17). The van der Waals surface area contributed by atoms with Crippen molar-refractivity contribution in [3.8, 4) is 0 Å². The zero-order chi connectivity index (χ0) is 13.0. The first-order chi connectivity index (χ1) is 7.95. The highest BCUT2D eigenvalue weighted by atomic mass is 16.3. The van der Waals surface area contributed by atoms with E-state index in [0.29, 0.717) is 17.1 Å². The van der Waals surface area contributed by atoms with Crippen molar-refractivity contribution in [2.75, 3.05) is 6.61 Å². The molecular weight excluding hydrogens is 218 g/mol. The second-order valence-corrected chi connectivity index (χ2v) is 4.34. The number of carbonyl (C=O) groups excluding carboxylic acids is 1. The zero-order valence-corrected chi connectivity index (χ0v) is 10.7. The minimum absolute atomic E-state index is 0.0191. The van der Waals surface area contributed by atoms with Crippen LogP contribution >= 0.6 is 0 Å². The van der Waals surface area contributed by atoms with Crippen LogP contribution < -0.4 is 5.32 Å². The fraction of sp³-hybridized carbons (Fsp3) is 0.583. The lowest BCUT2D eigenvalue weighted by molar-refractivity contribution is 0.0915. The summed E-state index contributed by atoms with van der Waals surface area (Å²) < 4.78 is 0. The highest BCUT2D eigenvalue weighted by Crippen LogP contribution is 2.06. The number of aliphatic hydroxyl groups excluding tert-OH is 1. The normalized spacial score (nSPS) is 14.2.